The van der Waals surface area contributed by atoms with Gasteiger partial charge in [0.1, 0.15) is 11.4 Å². The maximum atomic E-state index is 11.4. The molecule has 0 saturated heterocycles. The molecule has 0 atom stereocenters. The normalized spacial score (nSPS) is 10.9. The number of carbonyl (C=O) groups is 1. The molecular weight excluding hydrogens is 332 g/mol. The molecule has 0 heterocycles. The van der Waals surface area contributed by atoms with E-state index in [0.717, 1.165) is 23.1 Å². The van der Waals surface area contributed by atoms with Crippen LogP contribution in [-0.2, 0) is 10.4 Å². The van der Waals surface area contributed by atoms with Crippen molar-refractivity contribution in [2.45, 2.75) is 32.8 Å². The van der Waals surface area contributed by atoms with Crippen LogP contribution < -0.4 is 0 Å². The van der Waals surface area contributed by atoms with Crippen molar-refractivity contribution in [1.29, 1.82) is 0 Å². The summed E-state index contributed by atoms with van der Waals surface area (Å²) >= 11 is 0. The van der Waals surface area contributed by atoms with Gasteiger partial charge >= 0.3 is 0 Å². The fraction of sp³-hybridized carbons (Fsp3) is 0.240. The predicted octanol–water partition coefficient (Wildman–Crippen LogP) is 5.59. The second-order valence-electron chi connectivity index (χ2n) is 7.11. The number of carbonyl (C=O) groups excluding carboxylic acids is 1. The largest absolute Gasteiger partial charge is 0.376 e. The lowest BCUT2D eigenvalue weighted by molar-refractivity contribution is -0.117. The number of aliphatic hydroxyl groups is 1. The second-order valence-corrected chi connectivity index (χ2v) is 7.11. The standard InChI is InChI=1S/C19H16O.C6H12O/c20-19(16-10-4-1-5-11-16,17-12-6-2-7-13-17)18-14-8-3-9-15-18;1-5(2)4-6(3)7/h1-15,20H;5H,4H2,1-3H3. The predicted molar refractivity (Wildman–Crippen MR) is 112 cm³/mol. The van der Waals surface area contributed by atoms with Crippen molar-refractivity contribution in [3.63, 3.8) is 0 Å². The summed E-state index contributed by atoms with van der Waals surface area (Å²) in [5.74, 6) is 0.813. The molecule has 3 rings (SSSR count). The van der Waals surface area contributed by atoms with Gasteiger partial charge in [-0.15, -0.1) is 0 Å². The highest BCUT2D eigenvalue weighted by atomic mass is 16.3. The van der Waals surface area contributed by atoms with Gasteiger partial charge < -0.3 is 9.90 Å². The van der Waals surface area contributed by atoms with E-state index in [2.05, 4.69) is 0 Å². The Morgan fingerprint density at radius 2 is 1.04 bits per heavy atom. The zero-order valence-corrected chi connectivity index (χ0v) is 16.3. The van der Waals surface area contributed by atoms with E-state index >= 15 is 0 Å². The van der Waals surface area contributed by atoms with Crippen LogP contribution in [0.15, 0.2) is 91.0 Å². The van der Waals surface area contributed by atoms with E-state index in [9.17, 15) is 9.90 Å². The van der Waals surface area contributed by atoms with Gasteiger partial charge in [0.05, 0.1) is 0 Å². The van der Waals surface area contributed by atoms with E-state index < -0.39 is 5.60 Å². The average molecular weight is 360 g/mol. The Hall–Kier alpha value is -2.71. The molecule has 0 aliphatic heterocycles. The van der Waals surface area contributed by atoms with Crippen LogP contribution in [0.2, 0.25) is 0 Å². The molecule has 0 bridgehead atoms. The van der Waals surface area contributed by atoms with Crippen LogP contribution >= 0.6 is 0 Å². The first-order valence-electron chi connectivity index (χ1n) is 9.33. The summed E-state index contributed by atoms with van der Waals surface area (Å²) in [5.41, 5.74) is 1.50. The van der Waals surface area contributed by atoms with E-state index in [-0.39, 0.29) is 5.78 Å². The van der Waals surface area contributed by atoms with E-state index in [4.69, 9.17) is 0 Å². The third kappa shape index (κ3) is 5.63. The zero-order valence-electron chi connectivity index (χ0n) is 16.3. The van der Waals surface area contributed by atoms with Crippen molar-refractivity contribution in [3.8, 4) is 0 Å². The van der Waals surface area contributed by atoms with E-state index in [1.54, 1.807) is 6.92 Å². The van der Waals surface area contributed by atoms with Crippen molar-refractivity contribution in [2.24, 2.45) is 5.92 Å². The summed E-state index contributed by atoms with van der Waals surface area (Å²) in [6.45, 7) is 5.71. The lowest BCUT2D eigenvalue weighted by atomic mass is 9.80. The first-order chi connectivity index (χ1) is 12.9. The molecular formula is C25H28O2. The number of hydrogen-bond donors (Lipinski definition) is 1. The lowest BCUT2D eigenvalue weighted by Gasteiger charge is -2.30. The first-order valence-corrected chi connectivity index (χ1v) is 9.33. The lowest BCUT2D eigenvalue weighted by Crippen LogP contribution is -2.28. The van der Waals surface area contributed by atoms with Crippen LogP contribution in [0.5, 0.6) is 0 Å². The minimum Gasteiger partial charge on any atom is -0.376 e. The van der Waals surface area contributed by atoms with Crippen molar-refractivity contribution < 1.29 is 9.90 Å². The SMILES string of the molecule is CC(=O)CC(C)C.OC(c1ccccc1)(c1ccccc1)c1ccccc1. The molecule has 0 amide bonds. The van der Waals surface area contributed by atoms with Gasteiger partial charge in [0.2, 0.25) is 0 Å². The van der Waals surface area contributed by atoms with Crippen LogP contribution in [0.1, 0.15) is 43.9 Å². The third-order valence-electron chi connectivity index (χ3n) is 4.27. The van der Waals surface area contributed by atoms with Gasteiger partial charge in [-0.1, -0.05) is 105 Å². The fourth-order valence-electron chi connectivity index (χ4n) is 3.11. The number of rotatable bonds is 5. The topological polar surface area (TPSA) is 37.3 Å². The Labute approximate surface area is 162 Å². The van der Waals surface area contributed by atoms with E-state index in [1.807, 2.05) is 105 Å². The molecule has 140 valence electrons. The van der Waals surface area contributed by atoms with Crippen LogP contribution in [0.3, 0.4) is 0 Å². The highest BCUT2D eigenvalue weighted by Crippen LogP contribution is 2.36. The van der Waals surface area contributed by atoms with Gasteiger partial charge in [-0.2, -0.15) is 0 Å². The zero-order chi connectivity index (χ0) is 19.7. The van der Waals surface area contributed by atoms with Gasteiger partial charge in [0, 0.05) is 6.42 Å². The Balaban J connectivity index is 0.000000321. The Kier molecular flexibility index (Phi) is 7.51. The van der Waals surface area contributed by atoms with E-state index in [0.29, 0.717) is 5.92 Å². The molecule has 0 aliphatic carbocycles. The molecule has 2 nitrogen and oxygen atoms in total. The van der Waals surface area contributed by atoms with Gasteiger partial charge in [0.15, 0.2) is 0 Å². The number of hydrogen-bond acceptors (Lipinski definition) is 2. The third-order valence-corrected chi connectivity index (χ3v) is 4.27. The molecule has 3 aromatic rings. The minimum absolute atomic E-state index is 0.287. The molecule has 0 radical (unpaired) electrons. The summed E-state index contributed by atoms with van der Waals surface area (Å²) in [6.07, 6.45) is 0.722. The fourth-order valence-corrected chi connectivity index (χ4v) is 3.11. The molecule has 2 heteroatoms. The highest BCUT2D eigenvalue weighted by Gasteiger charge is 2.33. The van der Waals surface area contributed by atoms with Gasteiger partial charge in [-0.3, -0.25) is 0 Å². The summed E-state index contributed by atoms with van der Waals surface area (Å²) in [5, 5.41) is 11.4. The number of ketones is 1. The molecule has 0 aliphatic rings. The highest BCUT2D eigenvalue weighted by molar-refractivity contribution is 5.75. The summed E-state index contributed by atoms with van der Waals surface area (Å²) in [7, 11) is 0. The van der Waals surface area contributed by atoms with Crippen molar-refractivity contribution >= 4 is 5.78 Å². The monoisotopic (exact) mass is 360 g/mol. The quantitative estimate of drug-likeness (QED) is 0.602. The van der Waals surface area contributed by atoms with Crippen molar-refractivity contribution in [1.82, 2.24) is 0 Å². The van der Waals surface area contributed by atoms with Crippen molar-refractivity contribution in [2.75, 3.05) is 0 Å². The summed E-state index contributed by atoms with van der Waals surface area (Å²) in [4.78, 5) is 10.3. The summed E-state index contributed by atoms with van der Waals surface area (Å²) in [6, 6.07) is 29.3. The Morgan fingerprint density at radius 1 is 0.741 bits per heavy atom. The average Bonchev–Trinajstić information content (AvgIpc) is 2.69. The molecule has 27 heavy (non-hydrogen) atoms. The summed E-state index contributed by atoms with van der Waals surface area (Å²) < 4.78 is 0. The maximum absolute atomic E-state index is 11.4. The maximum Gasteiger partial charge on any atom is 0.140 e. The number of benzene rings is 3. The molecule has 1 N–H and O–H groups in total. The first kappa shape index (κ1) is 20.6. The van der Waals surface area contributed by atoms with Gasteiger partial charge in [0.25, 0.3) is 0 Å². The van der Waals surface area contributed by atoms with E-state index in [1.165, 1.54) is 0 Å². The van der Waals surface area contributed by atoms with Gasteiger partial charge in [-0.05, 0) is 29.5 Å². The smallest absolute Gasteiger partial charge is 0.140 e. The Bertz CT molecular complexity index is 712. The molecule has 0 fully saturated rings. The van der Waals surface area contributed by atoms with Gasteiger partial charge in [-0.25, -0.2) is 0 Å². The Morgan fingerprint density at radius 3 is 1.22 bits per heavy atom. The second kappa shape index (κ2) is 9.84. The van der Waals surface area contributed by atoms with Crippen LogP contribution in [-0.4, -0.2) is 10.9 Å². The molecule has 0 aromatic heterocycles. The van der Waals surface area contributed by atoms with Crippen LogP contribution in [0.4, 0.5) is 0 Å². The van der Waals surface area contributed by atoms with Crippen LogP contribution in [0.25, 0.3) is 0 Å². The molecule has 0 unspecified atom stereocenters. The minimum atomic E-state index is -1.12. The van der Waals surface area contributed by atoms with Crippen LogP contribution in [0, 0.1) is 5.92 Å². The van der Waals surface area contributed by atoms with Crippen molar-refractivity contribution in [3.05, 3.63) is 108 Å². The molecule has 0 spiro atoms. The number of Topliss-reactive ketones (excluding diaryl/α,β-unsaturated/α-hetero) is 1. The molecule has 3 aromatic carbocycles. The molecule has 0 saturated carbocycles.